The van der Waals surface area contributed by atoms with Gasteiger partial charge in [-0.3, -0.25) is 4.90 Å². The zero-order chi connectivity index (χ0) is 17.6. The van der Waals surface area contributed by atoms with Crippen molar-refractivity contribution in [1.82, 2.24) is 4.90 Å². The summed E-state index contributed by atoms with van der Waals surface area (Å²) in [4.78, 5) is 2.72. The van der Waals surface area contributed by atoms with Crippen molar-refractivity contribution in [3.8, 4) is 0 Å². The van der Waals surface area contributed by atoms with E-state index >= 15 is 0 Å². The van der Waals surface area contributed by atoms with Crippen molar-refractivity contribution in [1.29, 1.82) is 0 Å². The van der Waals surface area contributed by atoms with Crippen molar-refractivity contribution in [3.63, 3.8) is 0 Å². The summed E-state index contributed by atoms with van der Waals surface area (Å²) in [5, 5.41) is 0. The van der Waals surface area contributed by atoms with Crippen LogP contribution in [0.3, 0.4) is 0 Å². The predicted molar refractivity (Wildman–Crippen MR) is 106 cm³/mol. The highest BCUT2D eigenvalue weighted by Gasteiger charge is 2.19. The Hall–Kier alpha value is 0.400. The molecule has 0 radical (unpaired) electrons. The lowest BCUT2D eigenvalue weighted by Gasteiger charge is -2.34. The summed E-state index contributed by atoms with van der Waals surface area (Å²) in [7, 11) is 6.92. The Kier molecular flexibility index (Phi) is 18.7. The van der Waals surface area contributed by atoms with E-state index in [-0.39, 0.29) is 17.0 Å². The van der Waals surface area contributed by atoms with Crippen LogP contribution in [0.2, 0.25) is 0 Å². The number of hydrogen-bond acceptors (Lipinski definition) is 1. The van der Waals surface area contributed by atoms with Gasteiger partial charge in [-0.1, -0.05) is 71.6 Å². The first-order valence-electron chi connectivity index (χ1n) is 10.4. The molecule has 0 N–H and O–H groups in total. The molecule has 0 amide bonds. The Morgan fingerprint density at radius 2 is 1.12 bits per heavy atom. The predicted octanol–water partition coefficient (Wildman–Crippen LogP) is 2.72. The fourth-order valence-electron chi connectivity index (χ4n) is 3.55. The zero-order valence-electron chi connectivity index (χ0n) is 17.7. The zero-order valence-corrected chi connectivity index (χ0v) is 19.3. The van der Waals surface area contributed by atoms with Crippen molar-refractivity contribution in [2.45, 2.75) is 97.4 Å². The molecule has 0 saturated heterocycles. The number of quaternary nitrogens is 1. The van der Waals surface area contributed by atoms with Crippen LogP contribution in [0.1, 0.15) is 91.4 Å². The second-order valence-corrected chi connectivity index (χ2v) is 8.54. The van der Waals surface area contributed by atoms with E-state index in [4.69, 9.17) is 0 Å². The Bertz CT molecular complexity index is 251. The van der Waals surface area contributed by atoms with Crippen molar-refractivity contribution in [3.05, 3.63) is 0 Å². The lowest BCUT2D eigenvalue weighted by atomic mass is 10.1. The molecule has 0 heterocycles. The van der Waals surface area contributed by atoms with Crippen LogP contribution in [0.15, 0.2) is 0 Å². The fourth-order valence-corrected chi connectivity index (χ4v) is 3.55. The van der Waals surface area contributed by atoms with Crippen molar-refractivity contribution in [2.75, 3.05) is 40.8 Å². The van der Waals surface area contributed by atoms with E-state index in [1.165, 1.54) is 90.3 Å². The summed E-state index contributed by atoms with van der Waals surface area (Å²) in [6.07, 6.45) is 15.6. The van der Waals surface area contributed by atoms with Gasteiger partial charge < -0.3 is 21.5 Å². The van der Waals surface area contributed by atoms with Gasteiger partial charge in [0.05, 0.1) is 33.7 Å². The summed E-state index contributed by atoms with van der Waals surface area (Å²) in [5.74, 6) is 0. The van der Waals surface area contributed by atoms with E-state index < -0.39 is 0 Å². The molecule has 0 bridgehead atoms. The summed E-state index contributed by atoms with van der Waals surface area (Å²) in [5.41, 5.74) is 0. The Morgan fingerprint density at radius 1 is 0.667 bits per heavy atom. The molecule has 148 valence electrons. The summed E-state index contributed by atoms with van der Waals surface area (Å²) < 4.78 is 1.07. The molecule has 0 rings (SSSR count). The van der Waals surface area contributed by atoms with Gasteiger partial charge in [-0.05, 0) is 32.9 Å². The molecule has 0 aliphatic rings. The molecule has 0 aromatic rings. The Balaban J connectivity index is 0. The summed E-state index contributed by atoms with van der Waals surface area (Å²) >= 11 is 0. The van der Waals surface area contributed by atoms with E-state index in [2.05, 4.69) is 46.8 Å². The van der Waals surface area contributed by atoms with Gasteiger partial charge in [-0.2, -0.15) is 0 Å². The minimum absolute atomic E-state index is 0. The molecule has 0 saturated carbocycles. The normalized spacial score (nSPS) is 13.1. The second kappa shape index (κ2) is 16.8. The van der Waals surface area contributed by atoms with Crippen LogP contribution in [0.5, 0.6) is 0 Å². The largest absolute Gasteiger partial charge is 1.00 e. The summed E-state index contributed by atoms with van der Waals surface area (Å²) in [6.45, 7) is 10.8. The first-order chi connectivity index (χ1) is 10.9. The van der Waals surface area contributed by atoms with E-state index in [1.807, 2.05) is 0 Å². The molecule has 0 aliphatic heterocycles. The SMILES string of the molecule is CCCCCCCCCCCCN(CCC)C(C)C[N+](C)(C)C.[Br-]. The maximum atomic E-state index is 2.72. The van der Waals surface area contributed by atoms with Crippen molar-refractivity contribution < 1.29 is 21.5 Å². The van der Waals surface area contributed by atoms with Gasteiger partial charge >= 0.3 is 0 Å². The number of likely N-dealkylation sites (N-methyl/N-ethyl adjacent to an activating group) is 1. The standard InChI is InChI=1S/C21H47N2.BrH/c1-7-9-10-11-12-13-14-15-16-17-19-22(18-8-2)21(3)20-23(4,5)6;/h21H,7-20H2,1-6H3;1H/q+1;/p-1. The molecule has 1 unspecified atom stereocenters. The first kappa shape index (κ1) is 26.6. The van der Waals surface area contributed by atoms with E-state index in [1.54, 1.807) is 0 Å². The maximum Gasteiger partial charge on any atom is 0.0935 e. The Morgan fingerprint density at radius 3 is 1.54 bits per heavy atom. The summed E-state index contributed by atoms with van der Waals surface area (Å²) in [6, 6.07) is 0.702. The van der Waals surface area contributed by atoms with Gasteiger partial charge in [0.1, 0.15) is 0 Å². The number of halogens is 1. The number of rotatable bonds is 16. The van der Waals surface area contributed by atoms with Crippen molar-refractivity contribution in [2.24, 2.45) is 0 Å². The van der Waals surface area contributed by atoms with Crippen LogP contribution in [0.4, 0.5) is 0 Å². The molecular formula is C21H47BrN2. The van der Waals surface area contributed by atoms with Crippen LogP contribution in [-0.2, 0) is 0 Å². The smallest absolute Gasteiger partial charge is 0.0935 e. The van der Waals surface area contributed by atoms with Gasteiger partial charge in [0.25, 0.3) is 0 Å². The molecule has 2 nitrogen and oxygen atoms in total. The highest BCUT2D eigenvalue weighted by atomic mass is 79.9. The van der Waals surface area contributed by atoms with Gasteiger partial charge in [0, 0.05) is 0 Å². The van der Waals surface area contributed by atoms with Gasteiger partial charge in [-0.15, -0.1) is 0 Å². The molecule has 0 aromatic heterocycles. The highest BCUT2D eigenvalue weighted by Crippen LogP contribution is 2.12. The molecule has 0 fully saturated rings. The van der Waals surface area contributed by atoms with E-state index in [9.17, 15) is 0 Å². The molecule has 0 spiro atoms. The average Bonchev–Trinajstić information content (AvgIpc) is 2.46. The lowest BCUT2D eigenvalue weighted by molar-refractivity contribution is -0.872. The minimum Gasteiger partial charge on any atom is -1.00 e. The molecule has 0 aromatic carbocycles. The van der Waals surface area contributed by atoms with Gasteiger partial charge in [0.2, 0.25) is 0 Å². The lowest BCUT2D eigenvalue weighted by Crippen LogP contribution is -3.00. The topological polar surface area (TPSA) is 3.24 Å². The molecule has 3 heteroatoms. The number of nitrogens with zero attached hydrogens (tertiary/aromatic N) is 2. The molecule has 1 atom stereocenters. The fraction of sp³-hybridized carbons (Fsp3) is 1.00. The molecule has 0 aliphatic carbocycles. The van der Waals surface area contributed by atoms with Crippen LogP contribution >= 0.6 is 0 Å². The third-order valence-electron chi connectivity index (χ3n) is 4.74. The van der Waals surface area contributed by atoms with Crippen LogP contribution < -0.4 is 17.0 Å². The van der Waals surface area contributed by atoms with Crippen molar-refractivity contribution >= 4 is 0 Å². The van der Waals surface area contributed by atoms with E-state index in [0.717, 1.165) is 4.48 Å². The van der Waals surface area contributed by atoms with Gasteiger partial charge in [-0.25, -0.2) is 0 Å². The van der Waals surface area contributed by atoms with Gasteiger partial charge in [0.15, 0.2) is 0 Å². The molecular weight excluding hydrogens is 360 g/mol. The number of unbranched alkanes of at least 4 members (excludes halogenated alkanes) is 9. The number of hydrogen-bond donors (Lipinski definition) is 0. The first-order valence-corrected chi connectivity index (χ1v) is 10.4. The van der Waals surface area contributed by atoms with E-state index in [0.29, 0.717) is 6.04 Å². The highest BCUT2D eigenvalue weighted by molar-refractivity contribution is 4.66. The quantitative estimate of drug-likeness (QED) is 0.281. The third-order valence-corrected chi connectivity index (χ3v) is 4.74. The second-order valence-electron chi connectivity index (χ2n) is 8.54. The average molecular weight is 408 g/mol. The minimum atomic E-state index is 0. The van der Waals surface area contributed by atoms with Crippen LogP contribution in [-0.4, -0.2) is 56.2 Å². The van der Waals surface area contributed by atoms with Crippen LogP contribution in [0, 0.1) is 0 Å². The monoisotopic (exact) mass is 406 g/mol. The van der Waals surface area contributed by atoms with Crippen LogP contribution in [0.25, 0.3) is 0 Å². The third kappa shape index (κ3) is 17.2. The Labute approximate surface area is 164 Å². The maximum absolute atomic E-state index is 2.72. The molecule has 24 heavy (non-hydrogen) atoms.